The van der Waals surface area contributed by atoms with Crippen molar-refractivity contribution in [2.24, 2.45) is 0 Å². The number of nitro benzene ring substituents is 1. The van der Waals surface area contributed by atoms with Crippen LogP contribution in [0.15, 0.2) is 28.3 Å². The minimum atomic E-state index is -0.481. The van der Waals surface area contributed by atoms with Gasteiger partial charge in [-0.1, -0.05) is 6.07 Å². The van der Waals surface area contributed by atoms with Gasteiger partial charge in [-0.25, -0.2) is 9.97 Å². The Hall–Kier alpha value is -2.15. The Morgan fingerprint density at radius 2 is 1.80 bits per heavy atom. The van der Waals surface area contributed by atoms with Crippen molar-refractivity contribution in [1.82, 2.24) is 9.97 Å². The summed E-state index contributed by atoms with van der Waals surface area (Å²) >= 11 is 1.15. The van der Waals surface area contributed by atoms with Crippen LogP contribution in [0.3, 0.4) is 0 Å². The molecule has 1 aromatic heterocycles. The quantitative estimate of drug-likeness (QED) is 0.404. The number of hydrogen-bond acceptors (Lipinski definition) is 6. The van der Waals surface area contributed by atoms with Crippen LogP contribution in [0.5, 0.6) is 0 Å². The number of aryl methyl sites for hydroxylation is 2. The number of aromatic nitrogens is 2. The lowest BCUT2D eigenvalue weighted by molar-refractivity contribution is -0.386. The second kappa shape index (κ2) is 5.46. The van der Waals surface area contributed by atoms with E-state index in [0.717, 1.165) is 28.7 Å². The Morgan fingerprint density at radius 3 is 2.35 bits per heavy atom. The summed E-state index contributed by atoms with van der Waals surface area (Å²) in [6, 6.07) is 4.83. The molecule has 0 fully saturated rings. The molecule has 0 saturated heterocycles. The summed E-state index contributed by atoms with van der Waals surface area (Å²) in [6.07, 6.45) is 0. The zero-order valence-corrected chi connectivity index (χ0v) is 12.2. The monoisotopic (exact) mass is 290 g/mol. The summed E-state index contributed by atoms with van der Waals surface area (Å²) in [6.45, 7) is 5.73. The van der Waals surface area contributed by atoms with Crippen LogP contribution < -0.4 is 5.73 Å². The van der Waals surface area contributed by atoms with Crippen LogP contribution in [0.25, 0.3) is 0 Å². The number of nitrogen functional groups attached to an aromatic ring is 1. The third-order valence-electron chi connectivity index (χ3n) is 3.03. The van der Waals surface area contributed by atoms with Gasteiger partial charge in [0.25, 0.3) is 0 Å². The van der Waals surface area contributed by atoms with Crippen molar-refractivity contribution in [2.45, 2.75) is 30.8 Å². The molecule has 0 unspecified atom stereocenters. The molecular weight excluding hydrogens is 276 g/mol. The van der Waals surface area contributed by atoms with Crippen LogP contribution in [-0.2, 0) is 0 Å². The van der Waals surface area contributed by atoms with Crippen molar-refractivity contribution >= 4 is 23.1 Å². The number of benzene rings is 1. The van der Waals surface area contributed by atoms with Gasteiger partial charge in [0.05, 0.1) is 9.82 Å². The minimum Gasteiger partial charge on any atom is -0.393 e. The molecule has 0 spiro atoms. The molecule has 0 aliphatic carbocycles. The third-order valence-corrected chi connectivity index (χ3v) is 3.94. The normalized spacial score (nSPS) is 10.6. The van der Waals surface area contributed by atoms with Crippen molar-refractivity contribution in [3.8, 4) is 0 Å². The van der Waals surface area contributed by atoms with Gasteiger partial charge in [-0.2, -0.15) is 0 Å². The molecule has 7 heteroatoms. The number of anilines is 1. The Bertz CT molecular complexity index is 665. The van der Waals surface area contributed by atoms with E-state index in [1.807, 2.05) is 20.8 Å². The molecule has 1 aromatic carbocycles. The lowest BCUT2D eigenvalue weighted by Gasteiger charge is -2.07. The Kier molecular flexibility index (Phi) is 3.89. The van der Waals surface area contributed by atoms with Gasteiger partial charge in [0.1, 0.15) is 5.69 Å². The number of rotatable bonds is 3. The molecule has 2 N–H and O–H groups in total. The Labute approximate surface area is 120 Å². The maximum atomic E-state index is 11.1. The number of nitro groups is 1. The summed E-state index contributed by atoms with van der Waals surface area (Å²) in [5, 5.41) is 11.6. The average molecular weight is 290 g/mol. The second-order valence-corrected chi connectivity index (χ2v) is 5.36. The summed E-state index contributed by atoms with van der Waals surface area (Å²) in [5.41, 5.74) is 8.46. The van der Waals surface area contributed by atoms with Gasteiger partial charge in [0.2, 0.25) is 0 Å². The van der Waals surface area contributed by atoms with Crippen molar-refractivity contribution in [3.05, 3.63) is 45.3 Å². The van der Waals surface area contributed by atoms with Crippen LogP contribution in [-0.4, -0.2) is 14.9 Å². The van der Waals surface area contributed by atoms with Gasteiger partial charge in [-0.3, -0.25) is 10.1 Å². The SMILES string of the molecule is Cc1nc(Sc2cccc(N)c2[N+](=O)[O-])nc(C)c1C. The first kappa shape index (κ1) is 14.3. The van der Waals surface area contributed by atoms with Gasteiger partial charge in [-0.15, -0.1) is 0 Å². The third kappa shape index (κ3) is 2.72. The van der Waals surface area contributed by atoms with E-state index in [1.54, 1.807) is 12.1 Å². The van der Waals surface area contributed by atoms with E-state index in [-0.39, 0.29) is 11.4 Å². The fraction of sp³-hybridized carbons (Fsp3) is 0.231. The van der Waals surface area contributed by atoms with Gasteiger partial charge < -0.3 is 5.73 Å². The highest BCUT2D eigenvalue weighted by atomic mass is 32.2. The first-order valence-corrected chi connectivity index (χ1v) is 6.74. The molecule has 6 nitrogen and oxygen atoms in total. The maximum absolute atomic E-state index is 11.1. The highest BCUT2D eigenvalue weighted by Gasteiger charge is 2.19. The molecule has 1 heterocycles. The molecule has 0 aliphatic rings. The number of nitrogens with zero attached hydrogens (tertiary/aromatic N) is 3. The summed E-state index contributed by atoms with van der Waals surface area (Å²) in [4.78, 5) is 19.7. The molecule has 2 rings (SSSR count). The summed E-state index contributed by atoms with van der Waals surface area (Å²) < 4.78 is 0. The molecule has 0 saturated carbocycles. The van der Waals surface area contributed by atoms with Gasteiger partial charge >= 0.3 is 5.69 Å². The van der Waals surface area contributed by atoms with Gasteiger partial charge in [-0.05, 0) is 50.2 Å². The molecule has 2 aromatic rings. The first-order valence-electron chi connectivity index (χ1n) is 5.92. The molecule has 20 heavy (non-hydrogen) atoms. The van der Waals surface area contributed by atoms with E-state index in [2.05, 4.69) is 9.97 Å². The van der Waals surface area contributed by atoms with E-state index in [1.165, 1.54) is 6.07 Å². The standard InChI is InChI=1S/C13H14N4O2S/c1-7-8(2)15-13(16-9(7)3)20-11-6-4-5-10(14)12(11)17(18)19/h4-6H,14H2,1-3H3. The van der Waals surface area contributed by atoms with Gasteiger partial charge in [0, 0.05) is 11.4 Å². The predicted molar refractivity (Wildman–Crippen MR) is 77.9 cm³/mol. The molecule has 0 radical (unpaired) electrons. The Morgan fingerprint density at radius 1 is 1.20 bits per heavy atom. The van der Waals surface area contributed by atoms with Crippen LogP contribution in [0.2, 0.25) is 0 Å². The Balaban J connectivity index is 2.45. The molecule has 0 atom stereocenters. The lowest BCUT2D eigenvalue weighted by atomic mass is 10.2. The van der Waals surface area contributed by atoms with Crippen LogP contribution in [0, 0.1) is 30.9 Å². The van der Waals surface area contributed by atoms with E-state index in [0.29, 0.717) is 10.1 Å². The van der Waals surface area contributed by atoms with Crippen molar-refractivity contribution in [3.63, 3.8) is 0 Å². The van der Waals surface area contributed by atoms with E-state index < -0.39 is 4.92 Å². The number of hydrogen-bond donors (Lipinski definition) is 1. The maximum Gasteiger partial charge on any atom is 0.306 e. The largest absolute Gasteiger partial charge is 0.393 e. The fourth-order valence-electron chi connectivity index (χ4n) is 1.70. The minimum absolute atomic E-state index is 0.100. The number of para-hydroxylation sites is 1. The zero-order chi connectivity index (χ0) is 14.9. The highest BCUT2D eigenvalue weighted by molar-refractivity contribution is 7.99. The van der Waals surface area contributed by atoms with Crippen molar-refractivity contribution < 1.29 is 4.92 Å². The fourth-order valence-corrected chi connectivity index (χ4v) is 2.70. The van der Waals surface area contributed by atoms with Crippen LogP contribution >= 0.6 is 11.8 Å². The molecule has 0 aliphatic heterocycles. The highest BCUT2D eigenvalue weighted by Crippen LogP contribution is 2.36. The predicted octanol–water partition coefficient (Wildman–Crippen LogP) is 3.04. The number of nitrogens with two attached hydrogens (primary N) is 1. The lowest BCUT2D eigenvalue weighted by Crippen LogP contribution is -2.00. The topological polar surface area (TPSA) is 94.9 Å². The van der Waals surface area contributed by atoms with Crippen LogP contribution in [0.4, 0.5) is 11.4 Å². The molecule has 0 amide bonds. The van der Waals surface area contributed by atoms with Gasteiger partial charge in [0.15, 0.2) is 5.16 Å². The average Bonchev–Trinajstić information content (AvgIpc) is 2.35. The summed E-state index contributed by atoms with van der Waals surface area (Å²) in [5.74, 6) is 0. The molecular formula is C13H14N4O2S. The van der Waals surface area contributed by atoms with E-state index in [4.69, 9.17) is 5.73 Å². The smallest absolute Gasteiger partial charge is 0.306 e. The van der Waals surface area contributed by atoms with Crippen LogP contribution in [0.1, 0.15) is 17.0 Å². The summed E-state index contributed by atoms with van der Waals surface area (Å²) in [7, 11) is 0. The van der Waals surface area contributed by atoms with Crippen molar-refractivity contribution in [1.29, 1.82) is 0 Å². The van der Waals surface area contributed by atoms with E-state index >= 15 is 0 Å². The first-order chi connectivity index (χ1) is 9.40. The second-order valence-electron chi connectivity index (χ2n) is 4.36. The zero-order valence-electron chi connectivity index (χ0n) is 11.4. The molecule has 0 bridgehead atoms. The van der Waals surface area contributed by atoms with Crippen molar-refractivity contribution in [2.75, 3.05) is 5.73 Å². The van der Waals surface area contributed by atoms with E-state index in [9.17, 15) is 10.1 Å². The molecule has 104 valence electrons.